The molecule has 3 aromatic rings. The van der Waals surface area contributed by atoms with Crippen molar-refractivity contribution < 1.29 is 9.90 Å². The lowest BCUT2D eigenvalue weighted by molar-refractivity contribution is -0.120. The molecule has 3 heterocycles. The molecule has 2 aromatic heterocycles. The molecule has 0 aliphatic carbocycles. The zero-order chi connectivity index (χ0) is 20.5. The van der Waals surface area contributed by atoms with E-state index in [1.165, 1.54) is 15.9 Å². The number of hydrogen-bond acceptors (Lipinski definition) is 7. The first kappa shape index (κ1) is 19.7. The van der Waals surface area contributed by atoms with Crippen molar-refractivity contribution >= 4 is 32.6 Å². The maximum atomic E-state index is 12.9. The highest BCUT2D eigenvalue weighted by Crippen LogP contribution is 2.32. The Morgan fingerprint density at radius 2 is 2.07 bits per heavy atom. The second kappa shape index (κ2) is 8.04. The Morgan fingerprint density at radius 3 is 2.79 bits per heavy atom. The average Bonchev–Trinajstić information content (AvgIpc) is 3.36. The number of anilines is 1. The second-order valence-corrected chi connectivity index (χ2v) is 8.42. The third-order valence-corrected chi connectivity index (χ3v) is 6.40. The maximum absolute atomic E-state index is 12.9. The predicted molar refractivity (Wildman–Crippen MR) is 113 cm³/mol. The van der Waals surface area contributed by atoms with Crippen LogP contribution < -0.4 is 10.5 Å². The van der Waals surface area contributed by atoms with Crippen LogP contribution in [0.5, 0.6) is 0 Å². The summed E-state index contributed by atoms with van der Waals surface area (Å²) >= 11 is 1.31. The molecule has 1 aliphatic heterocycles. The van der Waals surface area contributed by atoms with Crippen molar-refractivity contribution in [2.24, 2.45) is 7.05 Å². The summed E-state index contributed by atoms with van der Waals surface area (Å²) in [6.07, 6.45) is 2.09. The van der Waals surface area contributed by atoms with Crippen LogP contribution in [-0.2, 0) is 18.3 Å². The number of aliphatic hydroxyl groups is 1. The molecule has 1 aromatic carbocycles. The molecule has 1 saturated heterocycles. The highest BCUT2D eigenvalue weighted by molar-refractivity contribution is 7.21. The van der Waals surface area contributed by atoms with Gasteiger partial charge in [0.05, 0.1) is 6.04 Å². The van der Waals surface area contributed by atoms with Crippen molar-refractivity contribution in [3.8, 4) is 0 Å². The fourth-order valence-electron chi connectivity index (χ4n) is 3.86. The molecule has 0 radical (unpaired) electrons. The van der Waals surface area contributed by atoms with Crippen molar-refractivity contribution in [3.63, 3.8) is 0 Å². The summed E-state index contributed by atoms with van der Waals surface area (Å²) in [6, 6.07) is 9.80. The van der Waals surface area contributed by atoms with Gasteiger partial charge in [0.25, 0.3) is 5.56 Å². The maximum Gasteiger partial charge on any atom is 0.280 e. The van der Waals surface area contributed by atoms with E-state index in [2.05, 4.69) is 9.97 Å². The van der Waals surface area contributed by atoms with Crippen molar-refractivity contribution in [3.05, 3.63) is 52.1 Å². The molecule has 0 amide bonds. The van der Waals surface area contributed by atoms with Gasteiger partial charge in [0.15, 0.2) is 21.3 Å². The van der Waals surface area contributed by atoms with Crippen LogP contribution in [-0.4, -0.2) is 38.0 Å². The van der Waals surface area contributed by atoms with E-state index in [-0.39, 0.29) is 17.4 Å². The number of ketones is 1. The van der Waals surface area contributed by atoms with Crippen LogP contribution in [0.1, 0.15) is 43.7 Å². The van der Waals surface area contributed by atoms with Crippen LogP contribution in [0.25, 0.3) is 10.3 Å². The molecule has 0 bridgehead atoms. The normalized spacial score (nSPS) is 17.8. The van der Waals surface area contributed by atoms with E-state index in [4.69, 9.17) is 0 Å². The molecule has 0 saturated carbocycles. The van der Waals surface area contributed by atoms with Crippen LogP contribution in [0.15, 0.2) is 35.1 Å². The minimum Gasteiger partial charge on any atom is -0.385 e. The quantitative estimate of drug-likeness (QED) is 0.670. The third kappa shape index (κ3) is 3.82. The van der Waals surface area contributed by atoms with E-state index in [0.717, 1.165) is 31.4 Å². The largest absolute Gasteiger partial charge is 0.385 e. The van der Waals surface area contributed by atoms with E-state index < -0.39 is 6.10 Å². The summed E-state index contributed by atoms with van der Waals surface area (Å²) in [5.41, 5.74) is 1.17. The lowest BCUT2D eigenvalue weighted by Gasteiger charge is -2.22. The van der Waals surface area contributed by atoms with E-state index in [0.29, 0.717) is 27.7 Å². The summed E-state index contributed by atoms with van der Waals surface area (Å²) in [5.74, 6) is 0.519. The fourth-order valence-corrected chi connectivity index (χ4v) is 4.88. The average molecular weight is 413 g/mol. The number of aryl methyl sites for hydroxylation is 1. The topological polar surface area (TPSA) is 88.3 Å². The van der Waals surface area contributed by atoms with Crippen molar-refractivity contribution in [1.29, 1.82) is 0 Å². The Labute approximate surface area is 172 Å². The Balaban J connectivity index is 1.58. The van der Waals surface area contributed by atoms with Gasteiger partial charge in [-0.2, -0.15) is 0 Å². The number of carbonyl (C=O) groups excluding carboxylic acids is 1. The lowest BCUT2D eigenvalue weighted by atomic mass is 10.0. The number of aromatic nitrogens is 3. The first-order valence-electron chi connectivity index (χ1n) is 9.84. The molecule has 1 N–H and O–H groups in total. The minimum absolute atomic E-state index is 0.205. The third-order valence-electron chi connectivity index (χ3n) is 5.41. The number of nitrogens with zero attached hydrogens (tertiary/aromatic N) is 4. The van der Waals surface area contributed by atoms with Gasteiger partial charge in [-0.05, 0) is 31.7 Å². The Bertz CT molecular complexity index is 1090. The van der Waals surface area contributed by atoms with Crippen LogP contribution in [0.4, 0.5) is 5.13 Å². The predicted octanol–water partition coefficient (Wildman–Crippen LogP) is 2.61. The van der Waals surface area contributed by atoms with Crippen molar-refractivity contribution in [1.82, 2.24) is 14.5 Å². The Morgan fingerprint density at radius 1 is 1.31 bits per heavy atom. The molecule has 8 heteroatoms. The van der Waals surface area contributed by atoms with Gasteiger partial charge in [-0.3, -0.25) is 14.2 Å². The molecule has 1 unspecified atom stereocenters. The zero-order valence-corrected chi connectivity index (χ0v) is 17.4. The van der Waals surface area contributed by atoms with E-state index in [1.807, 2.05) is 35.2 Å². The van der Waals surface area contributed by atoms with Gasteiger partial charge in [0.1, 0.15) is 11.9 Å². The first-order chi connectivity index (χ1) is 14.0. The molecular formula is C21H24N4O3S. The van der Waals surface area contributed by atoms with Crippen LogP contribution >= 0.6 is 11.3 Å². The van der Waals surface area contributed by atoms with E-state index >= 15 is 0 Å². The van der Waals surface area contributed by atoms with E-state index in [9.17, 15) is 14.7 Å². The minimum atomic E-state index is -0.846. The molecule has 7 nitrogen and oxygen atoms in total. The highest BCUT2D eigenvalue weighted by atomic mass is 32.1. The Hall–Kier alpha value is -2.58. The summed E-state index contributed by atoms with van der Waals surface area (Å²) in [4.78, 5) is 37.0. The molecular weight excluding hydrogens is 388 g/mol. The number of aliphatic hydroxyl groups excluding tert-OH is 1. The summed E-state index contributed by atoms with van der Waals surface area (Å²) in [7, 11) is 1.58. The molecule has 0 spiro atoms. The monoisotopic (exact) mass is 412 g/mol. The SMILES string of the molecule is CC(O)c1nc2sc(N3CCC[C@@H]3C(=O)CCc3ccccc3)nc2c(=O)n1C. The van der Waals surface area contributed by atoms with E-state index in [1.54, 1.807) is 14.0 Å². The summed E-state index contributed by atoms with van der Waals surface area (Å²) < 4.78 is 1.34. The van der Waals surface area contributed by atoms with Gasteiger partial charge >= 0.3 is 0 Å². The van der Waals surface area contributed by atoms with Crippen LogP contribution in [0.2, 0.25) is 0 Å². The van der Waals surface area contributed by atoms with Crippen molar-refractivity contribution in [2.45, 2.75) is 44.8 Å². The zero-order valence-electron chi connectivity index (χ0n) is 16.5. The second-order valence-electron chi connectivity index (χ2n) is 7.46. The number of rotatable bonds is 6. The molecule has 2 atom stereocenters. The van der Waals surface area contributed by atoms with Gasteiger partial charge in [-0.15, -0.1) is 0 Å². The van der Waals surface area contributed by atoms with Gasteiger partial charge in [-0.1, -0.05) is 41.7 Å². The number of carbonyl (C=O) groups is 1. The smallest absolute Gasteiger partial charge is 0.280 e. The van der Waals surface area contributed by atoms with Gasteiger partial charge in [-0.25, -0.2) is 9.97 Å². The van der Waals surface area contributed by atoms with Gasteiger partial charge in [0.2, 0.25) is 0 Å². The molecule has 1 fully saturated rings. The summed E-state index contributed by atoms with van der Waals surface area (Å²) in [5, 5.41) is 10.5. The number of hydrogen-bond donors (Lipinski definition) is 1. The number of Topliss-reactive ketones (excluding diaryl/α,β-unsaturated/α-hetero) is 1. The molecule has 29 heavy (non-hydrogen) atoms. The number of fused-ring (bicyclic) bond motifs is 1. The molecule has 4 rings (SSSR count). The number of thiazole rings is 1. The standard InChI is InChI=1S/C21H24N4O3S/c1-13(26)18-23-19-17(20(28)24(18)2)22-21(29-19)25-12-6-9-15(25)16(27)11-10-14-7-4-3-5-8-14/h3-5,7-8,13,15,26H,6,9-12H2,1-2H3/t13?,15-/m1/s1. The van der Waals surface area contributed by atoms with Gasteiger partial charge < -0.3 is 10.0 Å². The van der Waals surface area contributed by atoms with Crippen LogP contribution in [0.3, 0.4) is 0 Å². The van der Waals surface area contributed by atoms with Gasteiger partial charge in [0, 0.05) is 20.0 Å². The lowest BCUT2D eigenvalue weighted by Crippen LogP contribution is -2.36. The molecule has 1 aliphatic rings. The Kier molecular flexibility index (Phi) is 5.47. The summed E-state index contributed by atoms with van der Waals surface area (Å²) in [6.45, 7) is 2.32. The highest BCUT2D eigenvalue weighted by Gasteiger charge is 2.32. The first-order valence-corrected chi connectivity index (χ1v) is 10.7. The number of benzene rings is 1. The fraction of sp³-hybridized carbons (Fsp3) is 0.429. The molecule has 152 valence electrons. The van der Waals surface area contributed by atoms with Crippen LogP contribution in [0, 0.1) is 0 Å². The van der Waals surface area contributed by atoms with Crippen molar-refractivity contribution in [2.75, 3.05) is 11.4 Å².